The lowest BCUT2D eigenvalue weighted by atomic mass is 10.2. The van der Waals surface area contributed by atoms with Crippen molar-refractivity contribution in [3.63, 3.8) is 0 Å². The molecule has 0 saturated carbocycles. The molecule has 0 spiro atoms. The Balaban J connectivity index is 2.15. The maximum absolute atomic E-state index is 11.4. The van der Waals surface area contributed by atoms with Crippen LogP contribution < -0.4 is 9.47 Å². The standard InChI is InChI=1S/C13H17BrO4S/c1-2-17-13-7-10(8-14)3-4-12(13)18-11-5-6-19(15,16)9-11/h3-4,7,11H,2,5-6,8-9H2,1H3. The van der Waals surface area contributed by atoms with Crippen LogP contribution in [0.2, 0.25) is 0 Å². The smallest absolute Gasteiger partial charge is 0.161 e. The van der Waals surface area contributed by atoms with E-state index >= 15 is 0 Å². The van der Waals surface area contributed by atoms with Crippen LogP contribution in [-0.4, -0.2) is 32.6 Å². The molecule has 1 aliphatic rings. The number of alkyl halides is 1. The quantitative estimate of drug-likeness (QED) is 0.767. The zero-order chi connectivity index (χ0) is 13.9. The van der Waals surface area contributed by atoms with E-state index in [4.69, 9.17) is 9.47 Å². The third-order valence-corrected chi connectivity index (χ3v) is 5.33. The number of hydrogen-bond donors (Lipinski definition) is 0. The number of benzene rings is 1. The zero-order valence-electron chi connectivity index (χ0n) is 10.8. The van der Waals surface area contributed by atoms with Gasteiger partial charge in [-0.1, -0.05) is 22.0 Å². The van der Waals surface area contributed by atoms with Gasteiger partial charge in [0.1, 0.15) is 6.10 Å². The molecule has 0 radical (unpaired) electrons. The predicted octanol–water partition coefficient (Wildman–Crippen LogP) is 2.55. The first kappa shape index (κ1) is 14.7. The fraction of sp³-hybridized carbons (Fsp3) is 0.538. The molecule has 1 aliphatic heterocycles. The number of halogens is 1. The van der Waals surface area contributed by atoms with Crippen LogP contribution in [0.1, 0.15) is 18.9 Å². The third kappa shape index (κ3) is 3.86. The monoisotopic (exact) mass is 348 g/mol. The van der Waals surface area contributed by atoms with Gasteiger partial charge in [-0.05, 0) is 31.0 Å². The van der Waals surface area contributed by atoms with Crippen molar-refractivity contribution in [3.8, 4) is 11.5 Å². The molecule has 1 saturated heterocycles. The number of hydrogen-bond acceptors (Lipinski definition) is 4. The normalized spacial score (nSPS) is 21.3. The van der Waals surface area contributed by atoms with Crippen LogP contribution >= 0.6 is 15.9 Å². The average molecular weight is 349 g/mol. The van der Waals surface area contributed by atoms with Gasteiger partial charge in [0.15, 0.2) is 21.3 Å². The zero-order valence-corrected chi connectivity index (χ0v) is 13.2. The molecule has 0 amide bonds. The van der Waals surface area contributed by atoms with Crippen LogP contribution in [0.4, 0.5) is 0 Å². The van der Waals surface area contributed by atoms with Crippen molar-refractivity contribution >= 4 is 25.8 Å². The Bertz CT molecular complexity index is 542. The summed E-state index contributed by atoms with van der Waals surface area (Å²) in [5.74, 6) is 1.59. The van der Waals surface area contributed by atoms with E-state index < -0.39 is 9.84 Å². The minimum Gasteiger partial charge on any atom is -0.490 e. The van der Waals surface area contributed by atoms with Crippen LogP contribution in [0.5, 0.6) is 11.5 Å². The summed E-state index contributed by atoms with van der Waals surface area (Å²) in [5, 5.41) is 0.741. The Hall–Kier alpha value is -0.750. The molecule has 1 heterocycles. The second kappa shape index (κ2) is 6.13. The van der Waals surface area contributed by atoms with Crippen LogP contribution in [-0.2, 0) is 15.2 Å². The van der Waals surface area contributed by atoms with Crippen LogP contribution in [0, 0.1) is 0 Å². The molecular formula is C13H17BrO4S. The Morgan fingerprint density at radius 2 is 2.16 bits per heavy atom. The van der Waals surface area contributed by atoms with E-state index in [-0.39, 0.29) is 17.6 Å². The summed E-state index contributed by atoms with van der Waals surface area (Å²) in [6, 6.07) is 5.69. The van der Waals surface area contributed by atoms with Gasteiger partial charge in [-0.25, -0.2) is 8.42 Å². The van der Waals surface area contributed by atoms with Crippen LogP contribution in [0.15, 0.2) is 18.2 Å². The molecule has 0 N–H and O–H groups in total. The minimum atomic E-state index is -2.93. The second-order valence-electron chi connectivity index (χ2n) is 4.49. The lowest BCUT2D eigenvalue weighted by Crippen LogP contribution is -2.18. The SMILES string of the molecule is CCOc1cc(CBr)ccc1OC1CCS(=O)(=O)C1. The highest BCUT2D eigenvalue weighted by Gasteiger charge is 2.30. The Labute approximate surface area is 122 Å². The summed E-state index contributed by atoms with van der Waals surface area (Å²) in [6.45, 7) is 2.45. The molecule has 1 aromatic carbocycles. The number of rotatable bonds is 5. The van der Waals surface area contributed by atoms with Gasteiger partial charge in [0, 0.05) is 5.33 Å². The first-order chi connectivity index (χ1) is 9.04. The fourth-order valence-electron chi connectivity index (χ4n) is 2.03. The van der Waals surface area contributed by atoms with E-state index in [1.165, 1.54) is 0 Å². The first-order valence-electron chi connectivity index (χ1n) is 6.23. The second-order valence-corrected chi connectivity index (χ2v) is 7.28. The molecule has 0 aromatic heterocycles. The van der Waals surface area contributed by atoms with Gasteiger partial charge < -0.3 is 9.47 Å². The fourth-order valence-corrected chi connectivity index (χ4v) is 3.97. The van der Waals surface area contributed by atoms with E-state index in [9.17, 15) is 8.42 Å². The van der Waals surface area contributed by atoms with Gasteiger partial charge in [-0.2, -0.15) is 0 Å². The van der Waals surface area contributed by atoms with Crippen molar-refractivity contribution in [1.82, 2.24) is 0 Å². The lowest BCUT2D eigenvalue weighted by Gasteiger charge is -2.16. The molecular weight excluding hydrogens is 332 g/mol. The van der Waals surface area contributed by atoms with Crippen molar-refractivity contribution in [2.24, 2.45) is 0 Å². The topological polar surface area (TPSA) is 52.6 Å². The molecule has 2 rings (SSSR count). The number of ether oxygens (including phenoxy) is 2. The highest BCUT2D eigenvalue weighted by molar-refractivity contribution is 9.08. The molecule has 1 unspecified atom stereocenters. The molecule has 0 bridgehead atoms. The van der Waals surface area contributed by atoms with Gasteiger partial charge >= 0.3 is 0 Å². The van der Waals surface area contributed by atoms with Crippen LogP contribution in [0.25, 0.3) is 0 Å². The Morgan fingerprint density at radius 3 is 2.74 bits per heavy atom. The molecule has 1 atom stereocenters. The van der Waals surface area contributed by atoms with Crippen molar-refractivity contribution in [1.29, 1.82) is 0 Å². The first-order valence-corrected chi connectivity index (χ1v) is 9.17. The van der Waals surface area contributed by atoms with Crippen molar-refractivity contribution in [2.75, 3.05) is 18.1 Å². The van der Waals surface area contributed by atoms with Crippen molar-refractivity contribution in [2.45, 2.75) is 24.8 Å². The summed E-state index contributed by atoms with van der Waals surface area (Å²) < 4.78 is 34.2. The van der Waals surface area contributed by atoms with Crippen molar-refractivity contribution < 1.29 is 17.9 Å². The molecule has 106 valence electrons. The van der Waals surface area contributed by atoms with E-state index in [0.29, 0.717) is 24.5 Å². The summed E-state index contributed by atoms with van der Waals surface area (Å²) in [4.78, 5) is 0. The summed E-state index contributed by atoms with van der Waals surface area (Å²) in [7, 11) is -2.93. The van der Waals surface area contributed by atoms with Crippen LogP contribution in [0.3, 0.4) is 0 Å². The number of sulfone groups is 1. The van der Waals surface area contributed by atoms with E-state index in [0.717, 1.165) is 10.9 Å². The highest BCUT2D eigenvalue weighted by Crippen LogP contribution is 2.31. The minimum absolute atomic E-state index is 0.0960. The van der Waals surface area contributed by atoms with Crippen molar-refractivity contribution in [3.05, 3.63) is 23.8 Å². The average Bonchev–Trinajstić information content (AvgIpc) is 2.71. The van der Waals surface area contributed by atoms with Gasteiger partial charge in [-0.3, -0.25) is 0 Å². The van der Waals surface area contributed by atoms with Gasteiger partial charge in [0.2, 0.25) is 0 Å². The maximum Gasteiger partial charge on any atom is 0.161 e. The summed E-state index contributed by atoms with van der Waals surface area (Å²) in [5.41, 5.74) is 1.09. The Morgan fingerprint density at radius 1 is 1.37 bits per heavy atom. The molecule has 19 heavy (non-hydrogen) atoms. The predicted molar refractivity (Wildman–Crippen MR) is 77.9 cm³/mol. The van der Waals surface area contributed by atoms with E-state index in [1.807, 2.05) is 25.1 Å². The molecule has 4 nitrogen and oxygen atoms in total. The molecule has 1 aromatic rings. The third-order valence-electron chi connectivity index (χ3n) is 2.95. The van der Waals surface area contributed by atoms with E-state index in [2.05, 4.69) is 15.9 Å². The van der Waals surface area contributed by atoms with E-state index in [1.54, 1.807) is 0 Å². The highest BCUT2D eigenvalue weighted by atomic mass is 79.9. The van der Waals surface area contributed by atoms with Gasteiger partial charge in [-0.15, -0.1) is 0 Å². The molecule has 1 fully saturated rings. The van der Waals surface area contributed by atoms with Gasteiger partial charge in [0.25, 0.3) is 0 Å². The molecule has 0 aliphatic carbocycles. The largest absolute Gasteiger partial charge is 0.490 e. The molecule has 6 heteroatoms. The summed E-state index contributed by atoms with van der Waals surface area (Å²) >= 11 is 3.39. The lowest BCUT2D eigenvalue weighted by molar-refractivity contribution is 0.213. The van der Waals surface area contributed by atoms with Gasteiger partial charge in [0.05, 0.1) is 18.1 Å². The maximum atomic E-state index is 11.4. The summed E-state index contributed by atoms with van der Waals surface area (Å²) in [6.07, 6.45) is 0.285. The Kier molecular flexibility index (Phi) is 4.73.